The number of rotatable bonds is 2. The van der Waals surface area contributed by atoms with E-state index in [-0.39, 0.29) is 18.2 Å². The molecular formula is C13H20O5. The smallest absolute Gasteiger partial charge is 0.302 e. The highest BCUT2D eigenvalue weighted by atomic mass is 16.8. The maximum absolute atomic E-state index is 10.9. The Morgan fingerprint density at radius 1 is 1.33 bits per heavy atom. The lowest BCUT2D eigenvalue weighted by Crippen LogP contribution is -2.53. The summed E-state index contributed by atoms with van der Waals surface area (Å²) in [5, 5.41) is 0. The highest BCUT2D eigenvalue weighted by Gasteiger charge is 2.62. The molecule has 4 atom stereocenters. The van der Waals surface area contributed by atoms with Gasteiger partial charge in [0.2, 0.25) is 0 Å². The molecule has 0 aromatic heterocycles. The second-order valence-electron chi connectivity index (χ2n) is 5.52. The molecule has 1 spiro atoms. The van der Waals surface area contributed by atoms with Crippen LogP contribution in [0.15, 0.2) is 0 Å². The van der Waals surface area contributed by atoms with Gasteiger partial charge in [0, 0.05) is 12.8 Å². The summed E-state index contributed by atoms with van der Waals surface area (Å²) in [4.78, 5) is 10.9. The molecule has 5 heteroatoms. The quantitative estimate of drug-likeness (QED) is 0.693. The van der Waals surface area contributed by atoms with Gasteiger partial charge in [0.15, 0.2) is 5.79 Å². The third kappa shape index (κ3) is 1.85. The summed E-state index contributed by atoms with van der Waals surface area (Å²) in [6.07, 6.45) is 1.76. The highest BCUT2D eigenvalue weighted by Crippen LogP contribution is 2.52. The van der Waals surface area contributed by atoms with Crippen molar-refractivity contribution >= 4 is 5.97 Å². The van der Waals surface area contributed by atoms with Crippen molar-refractivity contribution in [3.63, 3.8) is 0 Å². The molecule has 18 heavy (non-hydrogen) atoms. The van der Waals surface area contributed by atoms with Crippen molar-refractivity contribution in [2.75, 3.05) is 19.8 Å². The van der Waals surface area contributed by atoms with Gasteiger partial charge < -0.3 is 18.9 Å². The minimum atomic E-state index is -0.522. The van der Waals surface area contributed by atoms with Crippen LogP contribution in [0.25, 0.3) is 0 Å². The van der Waals surface area contributed by atoms with Gasteiger partial charge in [0.1, 0.15) is 12.7 Å². The Labute approximate surface area is 107 Å². The van der Waals surface area contributed by atoms with Crippen LogP contribution >= 0.6 is 0 Å². The van der Waals surface area contributed by atoms with Crippen molar-refractivity contribution in [1.29, 1.82) is 0 Å². The molecule has 0 amide bonds. The molecular weight excluding hydrogens is 236 g/mol. The average molecular weight is 256 g/mol. The Bertz CT molecular complexity index is 336. The van der Waals surface area contributed by atoms with Crippen molar-refractivity contribution in [3.8, 4) is 0 Å². The maximum Gasteiger partial charge on any atom is 0.302 e. The van der Waals surface area contributed by atoms with Crippen LogP contribution in [-0.4, -0.2) is 43.8 Å². The summed E-state index contributed by atoms with van der Waals surface area (Å²) in [5.41, 5.74) is 0. The topological polar surface area (TPSA) is 54.0 Å². The van der Waals surface area contributed by atoms with Gasteiger partial charge >= 0.3 is 5.97 Å². The summed E-state index contributed by atoms with van der Waals surface area (Å²) in [7, 11) is 0. The van der Waals surface area contributed by atoms with Crippen molar-refractivity contribution in [1.82, 2.24) is 0 Å². The Morgan fingerprint density at radius 3 is 2.67 bits per heavy atom. The lowest BCUT2D eigenvalue weighted by molar-refractivity contribution is -0.284. The molecule has 1 aliphatic carbocycles. The molecule has 0 N–H and O–H groups in total. The minimum absolute atomic E-state index is 0.0192. The van der Waals surface area contributed by atoms with Gasteiger partial charge in [-0.05, 0) is 18.8 Å². The van der Waals surface area contributed by atoms with E-state index in [0.717, 1.165) is 12.8 Å². The predicted molar refractivity (Wildman–Crippen MR) is 61.8 cm³/mol. The van der Waals surface area contributed by atoms with Gasteiger partial charge in [0.25, 0.3) is 0 Å². The fourth-order valence-electron chi connectivity index (χ4n) is 3.58. The fourth-order valence-corrected chi connectivity index (χ4v) is 3.58. The number of hydrogen-bond donors (Lipinski definition) is 0. The van der Waals surface area contributed by atoms with Gasteiger partial charge in [-0.1, -0.05) is 6.92 Å². The summed E-state index contributed by atoms with van der Waals surface area (Å²) >= 11 is 0. The van der Waals surface area contributed by atoms with Crippen molar-refractivity contribution in [2.24, 2.45) is 11.8 Å². The first kappa shape index (κ1) is 12.4. The molecule has 1 unspecified atom stereocenters. The molecule has 3 fully saturated rings. The highest BCUT2D eigenvalue weighted by molar-refractivity contribution is 5.65. The Morgan fingerprint density at radius 2 is 2.06 bits per heavy atom. The molecule has 2 saturated heterocycles. The zero-order valence-electron chi connectivity index (χ0n) is 10.9. The Hall–Kier alpha value is -0.650. The number of ether oxygens (including phenoxy) is 4. The first-order chi connectivity index (χ1) is 8.62. The standard InChI is InChI=1S/C13H20O5/c1-8-5-12-13(16-3-4-17-13)11(8)6-10(18-12)7-15-9(2)14/h8,10-12H,3-7H2,1-2H3/t8?,10-,11-,12+/m0/s1. The van der Waals surface area contributed by atoms with E-state index in [4.69, 9.17) is 18.9 Å². The number of esters is 1. The predicted octanol–water partition coefficient (Wildman–Crippen LogP) is 1.11. The van der Waals surface area contributed by atoms with E-state index in [2.05, 4.69) is 6.92 Å². The first-order valence-electron chi connectivity index (χ1n) is 6.68. The number of carbonyl (C=O) groups is 1. The SMILES string of the molecule is CC(=O)OC[C@@H]1C[C@H]2C(C)C[C@@H](O1)C21OCCO1. The average Bonchev–Trinajstić information content (AvgIpc) is 2.83. The maximum atomic E-state index is 10.9. The third-order valence-corrected chi connectivity index (χ3v) is 4.32. The summed E-state index contributed by atoms with van der Waals surface area (Å²) in [5.74, 6) is 0.0916. The van der Waals surface area contributed by atoms with E-state index in [1.54, 1.807) is 0 Å². The summed E-state index contributed by atoms with van der Waals surface area (Å²) < 4.78 is 22.8. The third-order valence-electron chi connectivity index (χ3n) is 4.32. The zero-order valence-corrected chi connectivity index (χ0v) is 10.9. The fraction of sp³-hybridized carbons (Fsp3) is 0.923. The van der Waals surface area contributed by atoms with Crippen molar-refractivity contribution in [2.45, 2.75) is 44.7 Å². The van der Waals surface area contributed by atoms with Crippen molar-refractivity contribution < 1.29 is 23.7 Å². The van der Waals surface area contributed by atoms with Crippen LogP contribution < -0.4 is 0 Å². The minimum Gasteiger partial charge on any atom is -0.463 e. The van der Waals surface area contributed by atoms with Crippen LogP contribution in [0, 0.1) is 11.8 Å². The van der Waals surface area contributed by atoms with Crippen LogP contribution in [0.4, 0.5) is 0 Å². The first-order valence-corrected chi connectivity index (χ1v) is 6.68. The second kappa shape index (κ2) is 4.47. The molecule has 0 aromatic rings. The molecule has 5 nitrogen and oxygen atoms in total. The van der Waals surface area contributed by atoms with E-state index >= 15 is 0 Å². The Balaban J connectivity index is 1.70. The molecule has 2 bridgehead atoms. The number of hydrogen-bond acceptors (Lipinski definition) is 5. The van der Waals surface area contributed by atoms with Crippen molar-refractivity contribution in [3.05, 3.63) is 0 Å². The largest absolute Gasteiger partial charge is 0.463 e. The van der Waals surface area contributed by atoms with E-state index in [1.165, 1.54) is 6.92 Å². The van der Waals surface area contributed by atoms with Crippen LogP contribution in [-0.2, 0) is 23.7 Å². The van der Waals surface area contributed by atoms with Crippen LogP contribution in [0.5, 0.6) is 0 Å². The van der Waals surface area contributed by atoms with Crippen LogP contribution in [0.2, 0.25) is 0 Å². The van der Waals surface area contributed by atoms with Gasteiger partial charge in [-0.25, -0.2) is 0 Å². The second-order valence-corrected chi connectivity index (χ2v) is 5.52. The molecule has 102 valence electrons. The molecule has 1 saturated carbocycles. The monoisotopic (exact) mass is 256 g/mol. The molecule has 3 rings (SSSR count). The zero-order chi connectivity index (χ0) is 12.8. The summed E-state index contributed by atoms with van der Waals surface area (Å²) in [6, 6.07) is 0. The van der Waals surface area contributed by atoms with E-state index in [1.807, 2.05) is 0 Å². The van der Waals surface area contributed by atoms with Crippen LogP contribution in [0.3, 0.4) is 0 Å². The van der Waals surface area contributed by atoms with Gasteiger partial charge in [0.05, 0.1) is 19.3 Å². The molecule has 0 radical (unpaired) electrons. The van der Waals surface area contributed by atoms with Crippen LogP contribution in [0.1, 0.15) is 26.7 Å². The Kier molecular flexibility index (Phi) is 3.08. The van der Waals surface area contributed by atoms with E-state index < -0.39 is 5.79 Å². The number of carbonyl (C=O) groups excluding carboxylic acids is 1. The van der Waals surface area contributed by atoms with Gasteiger partial charge in [-0.15, -0.1) is 0 Å². The van der Waals surface area contributed by atoms with E-state index in [9.17, 15) is 4.79 Å². The summed E-state index contributed by atoms with van der Waals surface area (Å²) in [6.45, 7) is 5.28. The lowest BCUT2D eigenvalue weighted by Gasteiger charge is -2.42. The molecule has 2 heterocycles. The molecule has 2 aliphatic heterocycles. The molecule has 3 aliphatic rings. The lowest BCUT2D eigenvalue weighted by atomic mass is 9.87. The van der Waals surface area contributed by atoms with E-state index in [0.29, 0.717) is 31.7 Å². The van der Waals surface area contributed by atoms with Gasteiger partial charge in [-0.3, -0.25) is 4.79 Å². The normalized spacial score (nSPS) is 41.2. The molecule has 0 aromatic carbocycles. The van der Waals surface area contributed by atoms with Gasteiger partial charge in [-0.2, -0.15) is 0 Å².